The fourth-order valence-corrected chi connectivity index (χ4v) is 3.00. The van der Waals surface area contributed by atoms with Gasteiger partial charge < -0.3 is 5.32 Å². The molecular formula is C19H32N2. The van der Waals surface area contributed by atoms with Crippen molar-refractivity contribution >= 4 is 0 Å². The normalized spacial score (nSPS) is 20.4. The summed E-state index contributed by atoms with van der Waals surface area (Å²) in [6, 6.07) is 9.26. The average Bonchev–Trinajstić information content (AvgIpc) is 2.48. The predicted molar refractivity (Wildman–Crippen MR) is 91.7 cm³/mol. The van der Waals surface area contributed by atoms with E-state index in [2.05, 4.69) is 62.2 Å². The lowest BCUT2D eigenvalue weighted by atomic mass is 9.82. The first-order valence-corrected chi connectivity index (χ1v) is 8.52. The van der Waals surface area contributed by atoms with Crippen molar-refractivity contribution in [1.82, 2.24) is 10.2 Å². The number of rotatable bonds is 6. The first-order chi connectivity index (χ1) is 10.00. The number of piperidine rings is 1. The maximum Gasteiger partial charge on any atom is 0.0233 e. The van der Waals surface area contributed by atoms with Gasteiger partial charge in [0.2, 0.25) is 0 Å². The van der Waals surface area contributed by atoms with Gasteiger partial charge in [0.1, 0.15) is 0 Å². The summed E-state index contributed by atoms with van der Waals surface area (Å²) in [5.41, 5.74) is 3.44. The summed E-state index contributed by atoms with van der Waals surface area (Å²) < 4.78 is 0. The quantitative estimate of drug-likeness (QED) is 0.850. The van der Waals surface area contributed by atoms with Gasteiger partial charge in [0, 0.05) is 13.1 Å². The lowest BCUT2D eigenvalue weighted by molar-refractivity contribution is 0.127. The zero-order valence-corrected chi connectivity index (χ0v) is 14.3. The Morgan fingerprint density at radius 1 is 1.14 bits per heavy atom. The molecule has 1 heterocycles. The first kappa shape index (κ1) is 16.5. The molecule has 1 unspecified atom stereocenters. The molecule has 1 atom stereocenters. The summed E-state index contributed by atoms with van der Waals surface area (Å²) in [6.45, 7) is 15.0. The lowest BCUT2D eigenvalue weighted by Gasteiger charge is -2.36. The third kappa shape index (κ3) is 5.12. The van der Waals surface area contributed by atoms with Crippen LogP contribution in [-0.4, -0.2) is 31.1 Å². The Morgan fingerprint density at radius 3 is 2.33 bits per heavy atom. The van der Waals surface area contributed by atoms with Gasteiger partial charge in [-0.2, -0.15) is 0 Å². The number of benzene rings is 1. The molecule has 0 bridgehead atoms. The topological polar surface area (TPSA) is 15.3 Å². The molecule has 1 saturated heterocycles. The van der Waals surface area contributed by atoms with Gasteiger partial charge in [0.25, 0.3) is 0 Å². The number of likely N-dealkylation sites (N-methyl/N-ethyl adjacent to an activating group) is 1. The Kier molecular flexibility index (Phi) is 5.83. The van der Waals surface area contributed by atoms with E-state index in [0.717, 1.165) is 19.6 Å². The smallest absolute Gasteiger partial charge is 0.0233 e. The van der Waals surface area contributed by atoms with Crippen molar-refractivity contribution in [1.29, 1.82) is 0 Å². The number of hydrogen-bond acceptors (Lipinski definition) is 2. The van der Waals surface area contributed by atoms with Crippen molar-refractivity contribution in [2.45, 2.75) is 53.0 Å². The molecular weight excluding hydrogens is 256 g/mol. The molecule has 2 rings (SSSR count). The molecule has 0 saturated carbocycles. The minimum atomic E-state index is 0.544. The van der Waals surface area contributed by atoms with Gasteiger partial charge in [-0.1, -0.05) is 52.0 Å². The van der Waals surface area contributed by atoms with Crippen molar-refractivity contribution in [2.75, 3.05) is 26.2 Å². The van der Waals surface area contributed by atoms with Crippen molar-refractivity contribution in [3.05, 3.63) is 35.4 Å². The zero-order valence-electron chi connectivity index (χ0n) is 14.3. The maximum absolute atomic E-state index is 3.43. The van der Waals surface area contributed by atoms with E-state index in [1.165, 1.54) is 37.1 Å². The molecule has 1 aliphatic heterocycles. The summed E-state index contributed by atoms with van der Waals surface area (Å²) in [4.78, 5) is 2.60. The minimum Gasteiger partial charge on any atom is -0.316 e. The molecule has 0 spiro atoms. The van der Waals surface area contributed by atoms with E-state index in [9.17, 15) is 0 Å². The summed E-state index contributed by atoms with van der Waals surface area (Å²) in [7, 11) is 0. The maximum atomic E-state index is 3.43. The number of likely N-dealkylation sites (tertiary alicyclic amines) is 1. The molecule has 2 heteroatoms. The van der Waals surface area contributed by atoms with Crippen LogP contribution >= 0.6 is 0 Å². The zero-order chi connectivity index (χ0) is 15.3. The van der Waals surface area contributed by atoms with E-state index in [1.807, 2.05) is 0 Å². The van der Waals surface area contributed by atoms with Gasteiger partial charge >= 0.3 is 0 Å². The van der Waals surface area contributed by atoms with Crippen molar-refractivity contribution in [3.63, 3.8) is 0 Å². The van der Waals surface area contributed by atoms with Crippen LogP contribution < -0.4 is 5.32 Å². The van der Waals surface area contributed by atoms with Crippen LogP contribution in [0.2, 0.25) is 0 Å². The fraction of sp³-hybridized carbons (Fsp3) is 0.684. The summed E-state index contributed by atoms with van der Waals surface area (Å²) in [5, 5.41) is 3.43. The van der Waals surface area contributed by atoms with Crippen LogP contribution in [-0.2, 0) is 6.54 Å². The number of nitrogens with zero attached hydrogens (tertiary/aromatic N) is 1. The van der Waals surface area contributed by atoms with Gasteiger partial charge in [0.15, 0.2) is 0 Å². The second-order valence-electron chi connectivity index (χ2n) is 7.39. The van der Waals surface area contributed by atoms with Gasteiger partial charge in [-0.3, -0.25) is 4.90 Å². The van der Waals surface area contributed by atoms with Crippen LogP contribution in [0.3, 0.4) is 0 Å². The highest BCUT2D eigenvalue weighted by Crippen LogP contribution is 2.30. The predicted octanol–water partition coefficient (Wildman–Crippen LogP) is 4.02. The molecule has 0 aliphatic carbocycles. The van der Waals surface area contributed by atoms with E-state index in [0.29, 0.717) is 11.3 Å². The molecule has 1 N–H and O–H groups in total. The van der Waals surface area contributed by atoms with Crippen molar-refractivity contribution in [3.8, 4) is 0 Å². The van der Waals surface area contributed by atoms with Gasteiger partial charge in [-0.25, -0.2) is 0 Å². The monoisotopic (exact) mass is 288 g/mol. The first-order valence-electron chi connectivity index (χ1n) is 8.52. The second kappa shape index (κ2) is 7.42. The highest BCUT2D eigenvalue weighted by Gasteiger charge is 2.25. The molecule has 1 fully saturated rings. The number of hydrogen-bond donors (Lipinski definition) is 1. The number of nitrogens with one attached hydrogen (secondary N) is 1. The van der Waals surface area contributed by atoms with E-state index >= 15 is 0 Å². The van der Waals surface area contributed by atoms with Crippen LogP contribution in [0.4, 0.5) is 0 Å². The SMILES string of the molecule is CCNCC(C)c1ccc(CN2CCC(C)(C)CC2)cc1. The van der Waals surface area contributed by atoms with Crippen LogP contribution in [0, 0.1) is 5.41 Å². The van der Waals surface area contributed by atoms with E-state index in [1.54, 1.807) is 0 Å². The Balaban J connectivity index is 1.85. The van der Waals surface area contributed by atoms with Crippen LogP contribution in [0.15, 0.2) is 24.3 Å². The minimum absolute atomic E-state index is 0.544. The lowest BCUT2D eigenvalue weighted by Crippen LogP contribution is -2.36. The Bertz CT molecular complexity index is 412. The van der Waals surface area contributed by atoms with Gasteiger partial charge in [-0.15, -0.1) is 0 Å². The Morgan fingerprint density at radius 2 is 1.76 bits per heavy atom. The van der Waals surface area contributed by atoms with Crippen LogP contribution in [0.5, 0.6) is 0 Å². The van der Waals surface area contributed by atoms with Gasteiger partial charge in [0.05, 0.1) is 0 Å². The molecule has 21 heavy (non-hydrogen) atoms. The Hall–Kier alpha value is -0.860. The standard InChI is InChI=1S/C19H32N2/c1-5-20-14-16(2)18-8-6-17(7-9-18)15-21-12-10-19(3,4)11-13-21/h6-9,16,20H,5,10-15H2,1-4H3. The van der Waals surface area contributed by atoms with E-state index in [-0.39, 0.29) is 0 Å². The average molecular weight is 288 g/mol. The summed E-state index contributed by atoms with van der Waals surface area (Å²) in [6.07, 6.45) is 2.65. The molecule has 1 aliphatic rings. The van der Waals surface area contributed by atoms with Gasteiger partial charge in [-0.05, 0) is 54.9 Å². The summed E-state index contributed by atoms with van der Waals surface area (Å²) in [5.74, 6) is 0.592. The molecule has 1 aromatic rings. The Labute approximate surface area is 130 Å². The highest BCUT2D eigenvalue weighted by atomic mass is 15.1. The molecule has 0 aromatic heterocycles. The third-order valence-corrected chi connectivity index (χ3v) is 4.87. The highest BCUT2D eigenvalue weighted by molar-refractivity contribution is 5.25. The van der Waals surface area contributed by atoms with E-state index in [4.69, 9.17) is 0 Å². The fourth-order valence-electron chi connectivity index (χ4n) is 3.00. The van der Waals surface area contributed by atoms with Crippen molar-refractivity contribution in [2.24, 2.45) is 5.41 Å². The van der Waals surface area contributed by atoms with E-state index < -0.39 is 0 Å². The molecule has 0 radical (unpaired) electrons. The second-order valence-corrected chi connectivity index (χ2v) is 7.39. The molecule has 118 valence electrons. The third-order valence-electron chi connectivity index (χ3n) is 4.87. The molecule has 2 nitrogen and oxygen atoms in total. The molecule has 1 aromatic carbocycles. The van der Waals surface area contributed by atoms with Crippen molar-refractivity contribution < 1.29 is 0 Å². The van der Waals surface area contributed by atoms with Crippen LogP contribution in [0.25, 0.3) is 0 Å². The molecule has 0 amide bonds. The largest absolute Gasteiger partial charge is 0.316 e. The van der Waals surface area contributed by atoms with Crippen LogP contribution in [0.1, 0.15) is 57.6 Å². The summed E-state index contributed by atoms with van der Waals surface area (Å²) >= 11 is 0.